The van der Waals surface area contributed by atoms with Gasteiger partial charge >= 0.3 is 5.97 Å². The van der Waals surface area contributed by atoms with E-state index in [-0.39, 0.29) is 6.42 Å². The summed E-state index contributed by atoms with van der Waals surface area (Å²) in [5, 5.41) is 8.68. The Bertz CT molecular complexity index is 612. The van der Waals surface area contributed by atoms with Crippen LogP contribution < -0.4 is 4.74 Å². The molecule has 0 atom stereocenters. The summed E-state index contributed by atoms with van der Waals surface area (Å²) in [6, 6.07) is 16.2. The maximum absolute atomic E-state index is 10.6. The highest BCUT2D eigenvalue weighted by molar-refractivity contribution is 5.67. The second kappa shape index (κ2) is 8.37. The van der Waals surface area contributed by atoms with Crippen molar-refractivity contribution in [3.63, 3.8) is 0 Å². The van der Waals surface area contributed by atoms with E-state index in [1.807, 2.05) is 24.3 Å². The lowest BCUT2D eigenvalue weighted by molar-refractivity contribution is -0.136. The van der Waals surface area contributed by atoms with Crippen molar-refractivity contribution in [2.24, 2.45) is 5.92 Å². The summed E-state index contributed by atoms with van der Waals surface area (Å²) in [5.41, 5.74) is 3.51. The van der Waals surface area contributed by atoms with E-state index in [1.165, 1.54) is 5.56 Å². The van der Waals surface area contributed by atoms with Gasteiger partial charge in [0.25, 0.3) is 0 Å². The van der Waals surface area contributed by atoms with Gasteiger partial charge in [0, 0.05) is 6.42 Å². The van der Waals surface area contributed by atoms with Crippen LogP contribution in [0.25, 0.3) is 0 Å². The Labute approximate surface area is 137 Å². The topological polar surface area (TPSA) is 46.5 Å². The Morgan fingerprint density at radius 1 is 0.957 bits per heavy atom. The predicted octanol–water partition coefficient (Wildman–Crippen LogP) is 4.48. The van der Waals surface area contributed by atoms with Crippen LogP contribution in [-0.2, 0) is 24.2 Å². The molecule has 3 nitrogen and oxygen atoms in total. The van der Waals surface area contributed by atoms with Gasteiger partial charge in [-0.2, -0.15) is 0 Å². The summed E-state index contributed by atoms with van der Waals surface area (Å²) in [7, 11) is 0. The Balaban J connectivity index is 1.84. The van der Waals surface area contributed by atoms with Crippen molar-refractivity contribution in [1.29, 1.82) is 0 Å². The highest BCUT2D eigenvalue weighted by Crippen LogP contribution is 2.16. The third kappa shape index (κ3) is 6.15. The lowest BCUT2D eigenvalue weighted by atomic mass is 10.0. The number of hydrogen-bond donors (Lipinski definition) is 1. The van der Waals surface area contributed by atoms with E-state index in [4.69, 9.17) is 9.84 Å². The Morgan fingerprint density at radius 3 is 2.09 bits per heavy atom. The summed E-state index contributed by atoms with van der Waals surface area (Å²) in [6.07, 6.45) is 1.80. The lowest BCUT2D eigenvalue weighted by Gasteiger charge is -2.09. The molecule has 23 heavy (non-hydrogen) atoms. The van der Waals surface area contributed by atoms with Gasteiger partial charge in [-0.1, -0.05) is 50.2 Å². The molecule has 2 rings (SSSR count). The van der Waals surface area contributed by atoms with Crippen molar-refractivity contribution in [2.75, 3.05) is 0 Å². The molecule has 0 aliphatic rings. The number of benzene rings is 2. The molecule has 0 fully saturated rings. The predicted molar refractivity (Wildman–Crippen MR) is 91.7 cm³/mol. The maximum atomic E-state index is 10.6. The van der Waals surface area contributed by atoms with Crippen LogP contribution in [0.2, 0.25) is 0 Å². The first-order valence-electron chi connectivity index (χ1n) is 8.04. The molecule has 2 aromatic rings. The van der Waals surface area contributed by atoms with E-state index in [9.17, 15) is 4.79 Å². The molecule has 0 saturated carbocycles. The van der Waals surface area contributed by atoms with Gasteiger partial charge < -0.3 is 9.84 Å². The minimum atomic E-state index is -0.772. The van der Waals surface area contributed by atoms with Crippen molar-refractivity contribution in [1.82, 2.24) is 0 Å². The normalized spacial score (nSPS) is 10.7. The van der Waals surface area contributed by atoms with Crippen molar-refractivity contribution in [2.45, 2.75) is 39.7 Å². The molecule has 0 aliphatic heterocycles. The quantitative estimate of drug-likeness (QED) is 0.781. The minimum absolute atomic E-state index is 0.156. The molecular weight excluding hydrogens is 288 g/mol. The number of aliphatic carboxylic acids is 1. The van der Waals surface area contributed by atoms with Crippen LogP contribution in [0.1, 0.15) is 37.0 Å². The van der Waals surface area contributed by atoms with Crippen molar-refractivity contribution >= 4 is 5.97 Å². The third-order valence-corrected chi connectivity index (χ3v) is 3.62. The van der Waals surface area contributed by atoms with E-state index in [0.29, 0.717) is 18.9 Å². The first-order chi connectivity index (χ1) is 11.0. The Kier molecular flexibility index (Phi) is 6.21. The molecule has 0 saturated heterocycles. The smallest absolute Gasteiger partial charge is 0.303 e. The third-order valence-electron chi connectivity index (χ3n) is 3.62. The molecule has 0 amide bonds. The molecule has 3 heteroatoms. The van der Waals surface area contributed by atoms with E-state index >= 15 is 0 Å². The second-order valence-electron chi connectivity index (χ2n) is 6.24. The van der Waals surface area contributed by atoms with Gasteiger partial charge in [-0.3, -0.25) is 4.79 Å². The summed E-state index contributed by atoms with van der Waals surface area (Å²) in [4.78, 5) is 10.6. The van der Waals surface area contributed by atoms with Gasteiger partial charge in [0.2, 0.25) is 0 Å². The molecule has 0 bridgehead atoms. The fourth-order valence-electron chi connectivity index (χ4n) is 2.41. The van der Waals surface area contributed by atoms with Gasteiger partial charge in [-0.15, -0.1) is 0 Å². The summed E-state index contributed by atoms with van der Waals surface area (Å²) < 4.78 is 5.78. The number of carboxylic acid groups (broad SMARTS) is 1. The molecule has 0 radical (unpaired) electrons. The summed E-state index contributed by atoms with van der Waals surface area (Å²) >= 11 is 0. The van der Waals surface area contributed by atoms with Gasteiger partial charge in [0.05, 0.1) is 0 Å². The first kappa shape index (κ1) is 17.1. The fraction of sp³-hybridized carbons (Fsp3) is 0.350. The monoisotopic (exact) mass is 312 g/mol. The van der Waals surface area contributed by atoms with Crippen LogP contribution in [0.15, 0.2) is 48.5 Å². The van der Waals surface area contributed by atoms with Gasteiger partial charge in [0.1, 0.15) is 12.4 Å². The number of ether oxygens (including phenoxy) is 1. The molecule has 0 aromatic heterocycles. The zero-order valence-corrected chi connectivity index (χ0v) is 13.8. The van der Waals surface area contributed by atoms with Crippen LogP contribution in [0.3, 0.4) is 0 Å². The molecule has 0 unspecified atom stereocenters. The fourth-order valence-corrected chi connectivity index (χ4v) is 2.41. The van der Waals surface area contributed by atoms with Gasteiger partial charge in [0.15, 0.2) is 0 Å². The largest absolute Gasteiger partial charge is 0.489 e. The molecule has 0 spiro atoms. The van der Waals surface area contributed by atoms with Crippen LogP contribution >= 0.6 is 0 Å². The van der Waals surface area contributed by atoms with Gasteiger partial charge in [-0.25, -0.2) is 0 Å². The van der Waals surface area contributed by atoms with Gasteiger partial charge in [-0.05, 0) is 47.6 Å². The standard InChI is InChI=1S/C20H24O3/c1-15(2)13-17-3-5-18(6-4-17)14-23-19-10-7-16(8-11-19)9-12-20(21)22/h3-8,10-11,15H,9,12-14H2,1-2H3,(H,21,22). The molecule has 0 aliphatic carbocycles. The van der Waals surface area contributed by atoms with Crippen LogP contribution in [0.4, 0.5) is 0 Å². The van der Waals surface area contributed by atoms with Crippen LogP contribution in [0, 0.1) is 5.92 Å². The zero-order valence-electron chi connectivity index (χ0n) is 13.8. The average molecular weight is 312 g/mol. The minimum Gasteiger partial charge on any atom is -0.489 e. The number of carbonyl (C=O) groups is 1. The zero-order chi connectivity index (χ0) is 16.7. The highest BCUT2D eigenvalue weighted by atomic mass is 16.5. The average Bonchev–Trinajstić information content (AvgIpc) is 2.53. The van der Waals surface area contributed by atoms with E-state index in [1.54, 1.807) is 0 Å². The molecule has 2 aromatic carbocycles. The molecular formula is C20H24O3. The SMILES string of the molecule is CC(C)Cc1ccc(COc2ccc(CCC(=O)O)cc2)cc1. The van der Waals surface area contributed by atoms with Crippen molar-refractivity contribution in [3.05, 3.63) is 65.2 Å². The summed E-state index contributed by atoms with van der Waals surface area (Å²) in [6.45, 7) is 4.98. The number of hydrogen-bond acceptors (Lipinski definition) is 2. The van der Waals surface area contributed by atoms with Crippen LogP contribution in [-0.4, -0.2) is 11.1 Å². The molecule has 0 heterocycles. The van der Waals surface area contributed by atoms with Crippen molar-refractivity contribution in [3.8, 4) is 5.75 Å². The number of rotatable bonds is 8. The van der Waals surface area contributed by atoms with E-state index < -0.39 is 5.97 Å². The lowest BCUT2D eigenvalue weighted by Crippen LogP contribution is -1.99. The maximum Gasteiger partial charge on any atom is 0.303 e. The Morgan fingerprint density at radius 2 is 1.52 bits per heavy atom. The molecule has 122 valence electrons. The first-order valence-corrected chi connectivity index (χ1v) is 8.04. The molecule has 1 N–H and O–H groups in total. The highest BCUT2D eigenvalue weighted by Gasteiger charge is 2.02. The summed E-state index contributed by atoms with van der Waals surface area (Å²) in [5.74, 6) is 0.693. The number of aryl methyl sites for hydroxylation is 1. The van der Waals surface area contributed by atoms with E-state index in [2.05, 4.69) is 38.1 Å². The Hall–Kier alpha value is -2.29. The van der Waals surface area contributed by atoms with E-state index in [0.717, 1.165) is 23.3 Å². The number of carboxylic acids is 1. The second-order valence-corrected chi connectivity index (χ2v) is 6.24. The van der Waals surface area contributed by atoms with Crippen molar-refractivity contribution < 1.29 is 14.6 Å². The van der Waals surface area contributed by atoms with Crippen LogP contribution in [0.5, 0.6) is 5.75 Å².